The van der Waals surface area contributed by atoms with Crippen molar-refractivity contribution in [1.82, 2.24) is 0 Å². The van der Waals surface area contributed by atoms with E-state index in [1.807, 2.05) is 0 Å². The van der Waals surface area contributed by atoms with Gasteiger partial charge in [-0.15, -0.1) is 34.8 Å². The Kier molecular flexibility index (Phi) is 9.03. The lowest BCUT2D eigenvalue weighted by molar-refractivity contribution is -0.202. The third kappa shape index (κ3) is 5.21. The first kappa shape index (κ1) is 24.3. The summed E-state index contributed by atoms with van der Waals surface area (Å²) in [6.45, 7) is 0.609. The molecular weight excluding hydrogens is 443 g/mol. The first-order valence-corrected chi connectivity index (χ1v) is 10.2. The van der Waals surface area contributed by atoms with Gasteiger partial charge in [0.05, 0.1) is 30.4 Å². The van der Waals surface area contributed by atoms with Crippen LogP contribution in [-0.4, -0.2) is 112 Å². The number of hydrogen-bond acceptors (Lipinski definition) is 9. The number of rotatable bonds is 8. The molecule has 0 spiro atoms. The molecule has 12 heteroatoms. The average Bonchev–Trinajstić information content (AvgIpc) is 2.92. The highest BCUT2D eigenvalue weighted by molar-refractivity contribution is 6.21. The fraction of sp³-hybridized carbons (Fsp3) is 0.938. The predicted molar refractivity (Wildman–Crippen MR) is 98.8 cm³/mol. The highest BCUT2D eigenvalue weighted by atomic mass is 35.5. The molecule has 0 aromatic heterocycles. The summed E-state index contributed by atoms with van der Waals surface area (Å²) in [7, 11) is 0. The zero-order valence-electron chi connectivity index (χ0n) is 15.1. The third-order valence-corrected chi connectivity index (χ3v) is 6.14. The van der Waals surface area contributed by atoms with Gasteiger partial charge in [0.15, 0.2) is 0 Å². The van der Waals surface area contributed by atoms with Crippen LogP contribution < -0.4 is 0 Å². The molecule has 0 bridgehead atoms. The number of aliphatic hydroxyl groups is 4. The number of hydrogen-bond donors (Lipinski definition) is 4. The van der Waals surface area contributed by atoms with E-state index in [0.717, 1.165) is 0 Å². The molecule has 0 aromatic rings. The van der Waals surface area contributed by atoms with E-state index in [9.17, 15) is 25.2 Å². The number of aliphatic hydroxyl groups excluding tert-OH is 4. The van der Waals surface area contributed by atoms with Gasteiger partial charge in [-0.2, -0.15) is 0 Å². The molecule has 2 rings (SSSR count). The van der Waals surface area contributed by atoms with Gasteiger partial charge in [-0.3, -0.25) is 4.79 Å². The maximum atomic E-state index is 11.0. The Morgan fingerprint density at radius 2 is 1.71 bits per heavy atom. The highest BCUT2D eigenvalue weighted by Gasteiger charge is 2.54. The molecule has 2 aliphatic heterocycles. The van der Waals surface area contributed by atoms with Crippen molar-refractivity contribution in [3.8, 4) is 0 Å². The molecule has 164 valence electrons. The minimum Gasteiger partial charge on any atom is -0.463 e. The van der Waals surface area contributed by atoms with Crippen molar-refractivity contribution in [2.75, 3.05) is 31.6 Å². The van der Waals surface area contributed by atoms with E-state index in [2.05, 4.69) is 0 Å². The van der Waals surface area contributed by atoms with Crippen molar-refractivity contribution in [3.05, 3.63) is 0 Å². The normalized spacial score (nSPS) is 43.9. The number of alkyl halides is 3. The standard InChI is InChI=1S/C16H25Cl3O9/c1-7(20)26-4-9-11(19)14(23)12(21)10(27-9)3-25-6-16(5-18)15(24)13(22)8(2-17)28-16/h8-15,21-24H,2-6H2,1H3/t8-,9?,10-,11-,12?,13?,14-,15-,16+/m1/s1. The number of ether oxygens (including phenoxy) is 4. The summed E-state index contributed by atoms with van der Waals surface area (Å²) in [6.07, 6.45) is -7.85. The van der Waals surface area contributed by atoms with Crippen LogP contribution in [0, 0.1) is 0 Å². The Hall–Kier alpha value is 0.0600. The highest BCUT2D eigenvalue weighted by Crippen LogP contribution is 2.34. The van der Waals surface area contributed by atoms with Gasteiger partial charge < -0.3 is 39.4 Å². The first-order chi connectivity index (χ1) is 13.2. The Labute approximate surface area is 177 Å². The second-order valence-electron chi connectivity index (χ2n) is 6.90. The molecule has 2 aliphatic rings. The molecule has 0 saturated carbocycles. The van der Waals surface area contributed by atoms with Crippen molar-refractivity contribution in [2.45, 2.75) is 60.6 Å². The van der Waals surface area contributed by atoms with Crippen molar-refractivity contribution in [2.24, 2.45) is 0 Å². The quantitative estimate of drug-likeness (QED) is 0.262. The molecule has 2 saturated heterocycles. The van der Waals surface area contributed by atoms with E-state index >= 15 is 0 Å². The zero-order valence-corrected chi connectivity index (χ0v) is 17.4. The summed E-state index contributed by atoms with van der Waals surface area (Å²) >= 11 is 17.7. The fourth-order valence-corrected chi connectivity index (χ4v) is 4.00. The van der Waals surface area contributed by atoms with Crippen LogP contribution in [0.1, 0.15) is 6.92 Å². The summed E-state index contributed by atoms with van der Waals surface area (Å²) < 4.78 is 21.6. The predicted octanol–water partition coefficient (Wildman–Crippen LogP) is -1.00. The van der Waals surface area contributed by atoms with E-state index in [1.165, 1.54) is 6.92 Å². The first-order valence-electron chi connectivity index (χ1n) is 8.69. The fourth-order valence-electron chi connectivity index (χ4n) is 3.17. The number of carbonyl (C=O) groups excluding carboxylic acids is 1. The molecule has 4 N–H and O–H groups in total. The largest absolute Gasteiger partial charge is 0.463 e. The van der Waals surface area contributed by atoms with Crippen LogP contribution in [0.15, 0.2) is 0 Å². The molecule has 28 heavy (non-hydrogen) atoms. The van der Waals surface area contributed by atoms with Crippen LogP contribution in [0.5, 0.6) is 0 Å². The number of halogens is 3. The van der Waals surface area contributed by atoms with Crippen molar-refractivity contribution < 1.29 is 44.2 Å². The molecule has 9 atom stereocenters. The van der Waals surface area contributed by atoms with E-state index in [4.69, 9.17) is 53.8 Å². The molecule has 3 unspecified atom stereocenters. The molecule has 9 nitrogen and oxygen atoms in total. The molecule has 0 aliphatic carbocycles. The second-order valence-corrected chi connectivity index (χ2v) is 7.98. The third-order valence-electron chi connectivity index (χ3n) is 4.85. The molecule has 0 aromatic carbocycles. The van der Waals surface area contributed by atoms with E-state index in [0.29, 0.717) is 0 Å². The van der Waals surface area contributed by atoms with Gasteiger partial charge in [-0.1, -0.05) is 0 Å². The van der Waals surface area contributed by atoms with Crippen LogP contribution in [0.4, 0.5) is 0 Å². The smallest absolute Gasteiger partial charge is 0.302 e. The summed E-state index contributed by atoms with van der Waals surface area (Å²) in [5.74, 6) is -0.749. The van der Waals surface area contributed by atoms with Gasteiger partial charge in [0, 0.05) is 6.92 Å². The monoisotopic (exact) mass is 466 g/mol. The van der Waals surface area contributed by atoms with Gasteiger partial charge >= 0.3 is 5.97 Å². The van der Waals surface area contributed by atoms with Crippen LogP contribution in [-0.2, 0) is 23.7 Å². The van der Waals surface area contributed by atoms with E-state index in [1.54, 1.807) is 0 Å². The van der Waals surface area contributed by atoms with Crippen molar-refractivity contribution >= 4 is 40.8 Å². The lowest BCUT2D eigenvalue weighted by atomic mass is 9.96. The Balaban J connectivity index is 1.95. The van der Waals surface area contributed by atoms with E-state index < -0.39 is 59.7 Å². The molecule has 2 heterocycles. The minimum atomic E-state index is -1.38. The maximum Gasteiger partial charge on any atom is 0.302 e. The Morgan fingerprint density at radius 1 is 1.04 bits per heavy atom. The average molecular weight is 468 g/mol. The maximum absolute atomic E-state index is 11.0. The van der Waals surface area contributed by atoms with Gasteiger partial charge in [0.2, 0.25) is 0 Å². The number of carbonyl (C=O) groups is 1. The summed E-state index contributed by atoms with van der Waals surface area (Å²) in [5, 5.41) is 39.5. The molecule has 0 amide bonds. The second kappa shape index (κ2) is 10.4. The van der Waals surface area contributed by atoms with Gasteiger partial charge in [-0.05, 0) is 0 Å². The Bertz CT molecular complexity index is 528. The van der Waals surface area contributed by atoms with Crippen molar-refractivity contribution in [1.29, 1.82) is 0 Å². The lowest BCUT2D eigenvalue weighted by Gasteiger charge is -2.40. The summed E-state index contributed by atoms with van der Waals surface area (Å²) in [5.41, 5.74) is -1.38. The SMILES string of the molecule is CC(=O)OCC1O[C@H](COC[C@]2(CCl)O[C@H](CCl)C(O)[C@H]2O)C(O)[C@H](O)[C@@H]1Cl. The van der Waals surface area contributed by atoms with E-state index in [-0.39, 0.29) is 31.6 Å². The minimum absolute atomic E-state index is 0.0392. The number of esters is 1. The lowest BCUT2D eigenvalue weighted by Crippen LogP contribution is -2.58. The van der Waals surface area contributed by atoms with Crippen LogP contribution in [0.2, 0.25) is 0 Å². The van der Waals surface area contributed by atoms with Gasteiger partial charge in [0.25, 0.3) is 0 Å². The Morgan fingerprint density at radius 3 is 2.25 bits per heavy atom. The summed E-state index contributed by atoms with van der Waals surface area (Å²) in [4.78, 5) is 11.0. The van der Waals surface area contributed by atoms with Gasteiger partial charge in [-0.25, -0.2) is 0 Å². The van der Waals surface area contributed by atoms with Crippen molar-refractivity contribution in [3.63, 3.8) is 0 Å². The van der Waals surface area contributed by atoms with Crippen LogP contribution in [0.25, 0.3) is 0 Å². The van der Waals surface area contributed by atoms with Crippen LogP contribution >= 0.6 is 34.8 Å². The topological polar surface area (TPSA) is 135 Å². The molecule has 2 fully saturated rings. The zero-order chi connectivity index (χ0) is 21.1. The molecule has 0 radical (unpaired) electrons. The summed E-state index contributed by atoms with van der Waals surface area (Å²) in [6, 6.07) is 0. The molecular formula is C16H25Cl3O9. The van der Waals surface area contributed by atoms with Gasteiger partial charge in [0.1, 0.15) is 54.9 Å². The van der Waals surface area contributed by atoms with Crippen LogP contribution in [0.3, 0.4) is 0 Å².